The second-order valence-electron chi connectivity index (χ2n) is 5.84. The molecule has 0 radical (unpaired) electrons. The van der Waals surface area contributed by atoms with Crippen molar-refractivity contribution in [1.29, 1.82) is 0 Å². The molecule has 0 saturated carbocycles. The molecule has 0 amide bonds. The van der Waals surface area contributed by atoms with Crippen LogP contribution in [0.1, 0.15) is 27.2 Å². The number of aromatic carboxylic acids is 1. The largest absolute Gasteiger partial charge is 0.545 e. The highest BCUT2D eigenvalue weighted by molar-refractivity contribution is 6.33. The van der Waals surface area contributed by atoms with Gasteiger partial charge in [0, 0.05) is 22.5 Å². The SMILES string of the molecule is Cc1ccc(-n2[nH]c(C)c(C=Nc3ccc(Cl)c(C(=O)[O-])c3)c2=O)cc1. The molecule has 0 unspecified atom stereocenters. The van der Waals surface area contributed by atoms with Crippen LogP contribution >= 0.6 is 11.6 Å². The van der Waals surface area contributed by atoms with Crippen LogP contribution in [0, 0.1) is 13.8 Å². The Bertz CT molecular complexity index is 1060. The van der Waals surface area contributed by atoms with E-state index in [9.17, 15) is 14.7 Å². The summed E-state index contributed by atoms with van der Waals surface area (Å²) in [6.45, 7) is 3.74. The number of aromatic nitrogens is 2. The number of aromatic amines is 1. The number of halogens is 1. The van der Waals surface area contributed by atoms with Crippen molar-refractivity contribution in [3.05, 3.63) is 80.2 Å². The Morgan fingerprint density at radius 1 is 1.19 bits per heavy atom. The zero-order chi connectivity index (χ0) is 18.8. The van der Waals surface area contributed by atoms with Crippen LogP contribution in [-0.2, 0) is 0 Å². The van der Waals surface area contributed by atoms with Gasteiger partial charge in [-0.05, 0) is 44.2 Å². The molecule has 0 fully saturated rings. The molecule has 1 N–H and O–H groups in total. The van der Waals surface area contributed by atoms with Gasteiger partial charge in [-0.2, -0.15) is 0 Å². The third-order valence-corrected chi connectivity index (χ3v) is 4.25. The highest BCUT2D eigenvalue weighted by atomic mass is 35.5. The first-order chi connectivity index (χ1) is 12.4. The Kier molecular flexibility index (Phi) is 4.77. The van der Waals surface area contributed by atoms with Crippen LogP contribution in [0.15, 0.2) is 52.3 Å². The average molecular weight is 369 g/mol. The molecule has 3 rings (SSSR count). The van der Waals surface area contributed by atoms with E-state index in [4.69, 9.17) is 11.6 Å². The number of benzene rings is 2. The average Bonchev–Trinajstić information content (AvgIpc) is 2.89. The maximum absolute atomic E-state index is 12.6. The number of nitrogens with zero attached hydrogens (tertiary/aromatic N) is 2. The summed E-state index contributed by atoms with van der Waals surface area (Å²) in [6, 6.07) is 11.8. The zero-order valence-corrected chi connectivity index (χ0v) is 14.9. The minimum atomic E-state index is -1.38. The third-order valence-electron chi connectivity index (χ3n) is 3.92. The monoisotopic (exact) mass is 368 g/mol. The van der Waals surface area contributed by atoms with Gasteiger partial charge >= 0.3 is 0 Å². The van der Waals surface area contributed by atoms with Gasteiger partial charge in [-0.25, -0.2) is 4.68 Å². The number of hydrogen-bond donors (Lipinski definition) is 1. The summed E-state index contributed by atoms with van der Waals surface area (Å²) < 4.78 is 1.44. The van der Waals surface area contributed by atoms with Crippen molar-refractivity contribution >= 4 is 29.5 Å². The molecule has 0 bridgehead atoms. The molecule has 6 nitrogen and oxygen atoms in total. The Morgan fingerprint density at radius 3 is 2.54 bits per heavy atom. The number of carboxylic acid groups (broad SMARTS) is 1. The molecule has 1 heterocycles. The standard InChI is InChI=1S/C19H16ClN3O3/c1-11-3-6-14(7-4-11)23-18(24)16(12(2)22-23)10-21-13-5-8-17(20)15(9-13)19(25)26/h3-10,22H,1-2H3,(H,25,26)/p-1. The van der Waals surface area contributed by atoms with Gasteiger partial charge in [-0.3, -0.25) is 14.9 Å². The van der Waals surface area contributed by atoms with Gasteiger partial charge in [-0.15, -0.1) is 0 Å². The number of carbonyl (C=O) groups is 1. The Labute approximate surface area is 154 Å². The molecule has 0 saturated heterocycles. The number of hydrogen-bond acceptors (Lipinski definition) is 4. The fraction of sp³-hybridized carbons (Fsp3) is 0.105. The second-order valence-corrected chi connectivity index (χ2v) is 6.24. The lowest BCUT2D eigenvalue weighted by molar-refractivity contribution is -0.255. The van der Waals surface area contributed by atoms with Gasteiger partial charge in [0.25, 0.3) is 5.56 Å². The van der Waals surface area contributed by atoms with Crippen LogP contribution < -0.4 is 10.7 Å². The first-order valence-corrected chi connectivity index (χ1v) is 8.18. The van der Waals surface area contributed by atoms with E-state index in [0.717, 1.165) is 5.56 Å². The summed E-state index contributed by atoms with van der Waals surface area (Å²) in [4.78, 5) is 27.9. The highest BCUT2D eigenvalue weighted by Crippen LogP contribution is 2.22. The molecule has 26 heavy (non-hydrogen) atoms. The van der Waals surface area contributed by atoms with E-state index in [1.165, 1.54) is 23.0 Å². The van der Waals surface area contributed by atoms with Crippen LogP contribution in [0.5, 0.6) is 0 Å². The second kappa shape index (κ2) is 7.01. The number of aliphatic imine (C=N–C) groups is 1. The number of nitrogens with one attached hydrogen (secondary N) is 1. The fourth-order valence-electron chi connectivity index (χ4n) is 2.48. The smallest absolute Gasteiger partial charge is 0.280 e. The number of carbonyl (C=O) groups excluding carboxylic acids is 1. The van der Waals surface area contributed by atoms with E-state index < -0.39 is 5.97 Å². The molecule has 3 aromatic rings. The molecule has 132 valence electrons. The molecule has 0 atom stereocenters. The number of H-pyrrole nitrogens is 1. The first kappa shape index (κ1) is 17.7. The van der Waals surface area contributed by atoms with Gasteiger partial charge in [0.2, 0.25) is 0 Å². The molecule has 1 aromatic heterocycles. The molecular formula is C19H15ClN3O3-. The van der Waals surface area contributed by atoms with Crippen molar-refractivity contribution in [3.8, 4) is 5.69 Å². The quantitative estimate of drug-likeness (QED) is 0.717. The summed E-state index contributed by atoms with van der Waals surface area (Å²) in [5.74, 6) is -1.38. The molecule has 0 aliphatic heterocycles. The summed E-state index contributed by atoms with van der Waals surface area (Å²) in [7, 11) is 0. The van der Waals surface area contributed by atoms with Crippen molar-refractivity contribution < 1.29 is 9.90 Å². The van der Waals surface area contributed by atoms with Crippen molar-refractivity contribution in [2.45, 2.75) is 13.8 Å². The van der Waals surface area contributed by atoms with E-state index in [-0.39, 0.29) is 16.1 Å². The number of rotatable bonds is 4. The summed E-state index contributed by atoms with van der Waals surface area (Å²) in [5.41, 5.74) is 2.81. The fourth-order valence-corrected chi connectivity index (χ4v) is 2.67. The summed E-state index contributed by atoms with van der Waals surface area (Å²) >= 11 is 5.81. The van der Waals surface area contributed by atoms with E-state index in [0.29, 0.717) is 22.6 Å². The lowest BCUT2D eigenvalue weighted by Gasteiger charge is -2.05. The normalized spacial score (nSPS) is 11.2. The molecule has 0 spiro atoms. The summed E-state index contributed by atoms with van der Waals surface area (Å²) in [5, 5.41) is 14.1. The van der Waals surface area contributed by atoms with Crippen LogP contribution in [0.2, 0.25) is 5.02 Å². The molecule has 0 aliphatic rings. The van der Waals surface area contributed by atoms with E-state index in [1.54, 1.807) is 13.0 Å². The van der Waals surface area contributed by atoms with Crippen molar-refractivity contribution in [2.24, 2.45) is 4.99 Å². The summed E-state index contributed by atoms with van der Waals surface area (Å²) in [6.07, 6.45) is 1.40. The maximum atomic E-state index is 12.6. The maximum Gasteiger partial charge on any atom is 0.280 e. The highest BCUT2D eigenvalue weighted by Gasteiger charge is 2.11. The lowest BCUT2D eigenvalue weighted by Crippen LogP contribution is -2.22. The van der Waals surface area contributed by atoms with Gasteiger partial charge < -0.3 is 9.90 Å². The Hall–Kier alpha value is -3.12. The van der Waals surface area contributed by atoms with E-state index >= 15 is 0 Å². The zero-order valence-electron chi connectivity index (χ0n) is 14.1. The molecule has 7 heteroatoms. The number of aryl methyl sites for hydroxylation is 2. The predicted molar refractivity (Wildman–Crippen MR) is 98.9 cm³/mol. The van der Waals surface area contributed by atoms with Crippen LogP contribution in [0.3, 0.4) is 0 Å². The third kappa shape index (κ3) is 3.45. The van der Waals surface area contributed by atoms with Gasteiger partial charge in [-0.1, -0.05) is 29.3 Å². The molecule has 0 aliphatic carbocycles. The first-order valence-electron chi connectivity index (χ1n) is 7.80. The van der Waals surface area contributed by atoms with E-state index in [1.807, 2.05) is 31.2 Å². The Balaban J connectivity index is 1.97. The number of carboxylic acids is 1. The van der Waals surface area contributed by atoms with Crippen LogP contribution in [-0.4, -0.2) is 22.0 Å². The molecular weight excluding hydrogens is 354 g/mol. The van der Waals surface area contributed by atoms with Gasteiger partial charge in [0.15, 0.2) is 0 Å². The van der Waals surface area contributed by atoms with Gasteiger partial charge in [0.1, 0.15) is 0 Å². The lowest BCUT2D eigenvalue weighted by atomic mass is 10.2. The van der Waals surface area contributed by atoms with Crippen LogP contribution in [0.25, 0.3) is 5.69 Å². The topological polar surface area (TPSA) is 90.3 Å². The minimum Gasteiger partial charge on any atom is -0.545 e. The van der Waals surface area contributed by atoms with Crippen LogP contribution in [0.4, 0.5) is 5.69 Å². The van der Waals surface area contributed by atoms with E-state index in [2.05, 4.69) is 10.1 Å². The molecule has 2 aromatic carbocycles. The Morgan fingerprint density at radius 2 is 1.88 bits per heavy atom. The van der Waals surface area contributed by atoms with Crippen molar-refractivity contribution in [2.75, 3.05) is 0 Å². The van der Waals surface area contributed by atoms with Crippen molar-refractivity contribution in [1.82, 2.24) is 9.78 Å². The van der Waals surface area contributed by atoms with Gasteiger partial charge in [0.05, 0.1) is 22.9 Å². The van der Waals surface area contributed by atoms with Crippen molar-refractivity contribution in [3.63, 3.8) is 0 Å². The minimum absolute atomic E-state index is 0.0727. The predicted octanol–water partition coefficient (Wildman–Crippen LogP) is 2.55.